The van der Waals surface area contributed by atoms with Crippen LogP contribution in [0.3, 0.4) is 0 Å². The molecular weight excluding hydrogens is 314 g/mol. The fourth-order valence-corrected chi connectivity index (χ4v) is 2.93. The van der Waals surface area contributed by atoms with Gasteiger partial charge in [-0.25, -0.2) is 4.98 Å². The van der Waals surface area contributed by atoms with Crippen LogP contribution in [0.15, 0.2) is 42.6 Å². The molecule has 2 heterocycles. The number of ether oxygens (including phenoxy) is 1. The predicted molar refractivity (Wildman–Crippen MR) is 103 cm³/mol. The zero-order valence-electron chi connectivity index (χ0n) is 15.3. The van der Waals surface area contributed by atoms with Crippen LogP contribution in [0.25, 0.3) is 0 Å². The number of allylic oxidation sites excluding steroid dienone is 2. The molecule has 0 atom stereocenters. The molecule has 25 heavy (non-hydrogen) atoms. The summed E-state index contributed by atoms with van der Waals surface area (Å²) in [4.78, 5) is 18.8. The molecule has 0 aromatic carbocycles. The van der Waals surface area contributed by atoms with Crippen molar-refractivity contribution in [3.05, 3.63) is 42.6 Å². The fraction of sp³-hybridized carbons (Fsp3) is 0.500. The molecule has 5 nitrogen and oxygen atoms in total. The number of anilines is 2. The van der Waals surface area contributed by atoms with Gasteiger partial charge < -0.3 is 15.0 Å². The Balaban J connectivity index is 1.87. The van der Waals surface area contributed by atoms with Gasteiger partial charge in [0, 0.05) is 20.2 Å². The first-order valence-corrected chi connectivity index (χ1v) is 9.01. The number of pyridine rings is 1. The Kier molecular flexibility index (Phi) is 7.67. The number of amides is 1. The molecule has 1 aromatic heterocycles. The summed E-state index contributed by atoms with van der Waals surface area (Å²) in [6.45, 7) is 7.82. The molecule has 1 fully saturated rings. The molecular formula is C20H29N3O2. The summed E-state index contributed by atoms with van der Waals surface area (Å²) in [5, 5.41) is 2.85. The third kappa shape index (κ3) is 6.02. The number of carbonyl (C=O) groups is 1. The largest absolute Gasteiger partial charge is 0.381 e. The highest BCUT2D eigenvalue weighted by Crippen LogP contribution is 2.21. The van der Waals surface area contributed by atoms with Crippen molar-refractivity contribution in [2.24, 2.45) is 0 Å². The Bertz CT molecular complexity index is 587. The monoisotopic (exact) mass is 343 g/mol. The quantitative estimate of drug-likeness (QED) is 0.727. The number of hydrogen-bond acceptors (Lipinski definition) is 4. The van der Waals surface area contributed by atoms with E-state index in [1.165, 1.54) is 0 Å². The van der Waals surface area contributed by atoms with E-state index in [1.807, 2.05) is 18.3 Å². The standard InChI is InChI=1S/C20H29N3O2/c1-4-6-7-16(5-2)14-20(24)22-19-9-8-17(15-21-19)23-12-10-18(25-3)11-13-23/h5,7-9,15,18H,2,4,6,10-14H2,1,3H3,(H,21,22,24)/b16-7+. The van der Waals surface area contributed by atoms with Gasteiger partial charge in [0.25, 0.3) is 0 Å². The molecule has 1 saturated heterocycles. The third-order valence-electron chi connectivity index (χ3n) is 4.48. The van der Waals surface area contributed by atoms with Gasteiger partial charge in [-0.15, -0.1) is 0 Å². The maximum Gasteiger partial charge on any atom is 0.229 e. The number of hydrogen-bond donors (Lipinski definition) is 1. The first-order valence-electron chi connectivity index (χ1n) is 9.01. The fourth-order valence-electron chi connectivity index (χ4n) is 2.93. The molecule has 1 aromatic rings. The third-order valence-corrected chi connectivity index (χ3v) is 4.48. The molecule has 1 aliphatic rings. The van der Waals surface area contributed by atoms with Gasteiger partial charge in [-0.2, -0.15) is 0 Å². The molecule has 0 unspecified atom stereocenters. The Morgan fingerprint density at radius 1 is 1.44 bits per heavy atom. The summed E-state index contributed by atoms with van der Waals surface area (Å²) < 4.78 is 5.40. The lowest BCUT2D eigenvalue weighted by atomic mass is 10.1. The summed E-state index contributed by atoms with van der Waals surface area (Å²) in [6.07, 6.45) is 10.4. The average molecular weight is 343 g/mol. The van der Waals surface area contributed by atoms with E-state index in [9.17, 15) is 4.79 Å². The molecule has 136 valence electrons. The van der Waals surface area contributed by atoms with Gasteiger partial charge in [0.15, 0.2) is 0 Å². The van der Waals surface area contributed by atoms with Crippen LogP contribution in [0, 0.1) is 0 Å². The Hall–Kier alpha value is -2.14. The van der Waals surface area contributed by atoms with E-state index in [0.29, 0.717) is 18.3 Å². The van der Waals surface area contributed by atoms with Crippen molar-refractivity contribution in [2.45, 2.75) is 45.1 Å². The van der Waals surface area contributed by atoms with Crippen LogP contribution in [-0.4, -0.2) is 37.2 Å². The molecule has 0 aliphatic carbocycles. The average Bonchev–Trinajstić information content (AvgIpc) is 2.65. The summed E-state index contributed by atoms with van der Waals surface area (Å²) in [6, 6.07) is 3.87. The van der Waals surface area contributed by atoms with Gasteiger partial charge in [-0.1, -0.05) is 32.1 Å². The zero-order valence-corrected chi connectivity index (χ0v) is 15.3. The Morgan fingerprint density at radius 3 is 2.76 bits per heavy atom. The smallest absolute Gasteiger partial charge is 0.229 e. The molecule has 1 amide bonds. The number of nitrogens with one attached hydrogen (secondary N) is 1. The lowest BCUT2D eigenvalue weighted by molar-refractivity contribution is -0.115. The number of carbonyl (C=O) groups excluding carboxylic acids is 1. The van der Waals surface area contributed by atoms with E-state index in [4.69, 9.17) is 4.74 Å². The van der Waals surface area contributed by atoms with Crippen molar-refractivity contribution in [1.82, 2.24) is 4.98 Å². The maximum absolute atomic E-state index is 12.1. The Morgan fingerprint density at radius 2 is 2.20 bits per heavy atom. The second-order valence-corrected chi connectivity index (χ2v) is 6.32. The summed E-state index contributed by atoms with van der Waals surface area (Å²) in [5.41, 5.74) is 2.04. The highest BCUT2D eigenvalue weighted by molar-refractivity contribution is 5.91. The van der Waals surface area contributed by atoms with Gasteiger partial charge in [0.1, 0.15) is 5.82 Å². The van der Waals surface area contributed by atoms with Gasteiger partial charge >= 0.3 is 0 Å². The van der Waals surface area contributed by atoms with Crippen molar-refractivity contribution < 1.29 is 9.53 Å². The molecule has 0 bridgehead atoms. The first kappa shape index (κ1) is 19.2. The Labute approximate surface area is 150 Å². The van der Waals surface area contributed by atoms with Crippen LogP contribution in [-0.2, 0) is 9.53 Å². The predicted octanol–water partition coefficient (Wildman–Crippen LogP) is 3.94. The second kappa shape index (κ2) is 9.99. The van der Waals surface area contributed by atoms with E-state index in [2.05, 4.69) is 34.8 Å². The minimum Gasteiger partial charge on any atom is -0.381 e. The zero-order chi connectivity index (χ0) is 18.1. The first-order chi connectivity index (χ1) is 12.2. The van der Waals surface area contributed by atoms with Gasteiger partial charge in [0.2, 0.25) is 5.91 Å². The van der Waals surface area contributed by atoms with Crippen LogP contribution in [0.2, 0.25) is 0 Å². The SMILES string of the molecule is C=C/C(=C\CCC)CC(=O)Nc1ccc(N2CCC(OC)CC2)cn1. The van der Waals surface area contributed by atoms with E-state index in [1.54, 1.807) is 13.2 Å². The van der Waals surface area contributed by atoms with Crippen molar-refractivity contribution in [1.29, 1.82) is 0 Å². The van der Waals surface area contributed by atoms with E-state index >= 15 is 0 Å². The molecule has 5 heteroatoms. The van der Waals surface area contributed by atoms with Crippen LogP contribution in [0.1, 0.15) is 39.0 Å². The van der Waals surface area contributed by atoms with E-state index in [-0.39, 0.29) is 5.91 Å². The number of unbranched alkanes of at least 4 members (excludes halogenated alkanes) is 1. The number of methoxy groups -OCH3 is 1. The number of nitrogens with zero attached hydrogens (tertiary/aromatic N) is 2. The minimum atomic E-state index is -0.0663. The van der Waals surface area contributed by atoms with Gasteiger partial charge in [0.05, 0.1) is 24.4 Å². The lowest BCUT2D eigenvalue weighted by Gasteiger charge is -2.32. The van der Waals surface area contributed by atoms with E-state index < -0.39 is 0 Å². The molecule has 2 rings (SSSR count). The number of aromatic nitrogens is 1. The molecule has 0 spiro atoms. The minimum absolute atomic E-state index is 0.0663. The number of piperidine rings is 1. The highest BCUT2D eigenvalue weighted by Gasteiger charge is 2.19. The lowest BCUT2D eigenvalue weighted by Crippen LogP contribution is -2.36. The highest BCUT2D eigenvalue weighted by atomic mass is 16.5. The van der Waals surface area contributed by atoms with Crippen LogP contribution < -0.4 is 10.2 Å². The van der Waals surface area contributed by atoms with Crippen LogP contribution in [0.5, 0.6) is 0 Å². The van der Waals surface area contributed by atoms with Crippen molar-refractivity contribution in [3.8, 4) is 0 Å². The number of rotatable bonds is 8. The normalized spacial score (nSPS) is 15.9. The molecule has 1 N–H and O–H groups in total. The van der Waals surface area contributed by atoms with E-state index in [0.717, 1.165) is 50.0 Å². The summed E-state index contributed by atoms with van der Waals surface area (Å²) in [5.74, 6) is 0.517. The molecule has 1 aliphatic heterocycles. The summed E-state index contributed by atoms with van der Waals surface area (Å²) >= 11 is 0. The van der Waals surface area contributed by atoms with Gasteiger partial charge in [-0.05, 0) is 37.0 Å². The van der Waals surface area contributed by atoms with Crippen LogP contribution >= 0.6 is 0 Å². The molecule has 0 radical (unpaired) electrons. The second-order valence-electron chi connectivity index (χ2n) is 6.32. The maximum atomic E-state index is 12.1. The topological polar surface area (TPSA) is 54.5 Å². The van der Waals surface area contributed by atoms with Crippen LogP contribution in [0.4, 0.5) is 11.5 Å². The molecule has 0 saturated carbocycles. The van der Waals surface area contributed by atoms with Crippen molar-refractivity contribution >= 4 is 17.4 Å². The van der Waals surface area contributed by atoms with Crippen molar-refractivity contribution in [2.75, 3.05) is 30.4 Å². The summed E-state index contributed by atoms with van der Waals surface area (Å²) in [7, 11) is 1.77. The van der Waals surface area contributed by atoms with Crippen molar-refractivity contribution in [3.63, 3.8) is 0 Å². The van der Waals surface area contributed by atoms with Gasteiger partial charge in [-0.3, -0.25) is 4.79 Å².